The lowest BCUT2D eigenvalue weighted by molar-refractivity contribution is 0.198. The van der Waals surface area contributed by atoms with Crippen LogP contribution >= 0.6 is 0 Å². The van der Waals surface area contributed by atoms with E-state index in [2.05, 4.69) is 34.5 Å². The highest BCUT2D eigenvalue weighted by Gasteiger charge is 2.20. The van der Waals surface area contributed by atoms with Crippen LogP contribution in [0, 0.1) is 19.7 Å². The van der Waals surface area contributed by atoms with E-state index in [0.29, 0.717) is 12.6 Å². The van der Waals surface area contributed by atoms with Crippen LogP contribution in [0.25, 0.3) is 0 Å². The van der Waals surface area contributed by atoms with Gasteiger partial charge in [0.25, 0.3) is 0 Å². The molecule has 0 amide bonds. The van der Waals surface area contributed by atoms with Gasteiger partial charge in [0.05, 0.1) is 12.2 Å². The SMILES string of the molecule is CCNC(=NCc1c(C)nn(C)c1C)NC1CCN(Cc2ccc(F)cc2)CC1. The Morgan fingerprint density at radius 1 is 1.21 bits per heavy atom. The summed E-state index contributed by atoms with van der Waals surface area (Å²) in [6.07, 6.45) is 2.13. The largest absolute Gasteiger partial charge is 0.357 e. The van der Waals surface area contributed by atoms with E-state index in [0.717, 1.165) is 61.9 Å². The van der Waals surface area contributed by atoms with Gasteiger partial charge in [-0.25, -0.2) is 9.38 Å². The van der Waals surface area contributed by atoms with E-state index in [-0.39, 0.29) is 5.82 Å². The molecule has 0 bridgehead atoms. The van der Waals surface area contributed by atoms with Crippen molar-refractivity contribution in [3.63, 3.8) is 0 Å². The number of hydrogen-bond acceptors (Lipinski definition) is 3. The lowest BCUT2D eigenvalue weighted by Gasteiger charge is -2.33. The molecule has 158 valence electrons. The van der Waals surface area contributed by atoms with Gasteiger partial charge in [-0.05, 0) is 51.3 Å². The number of nitrogens with zero attached hydrogens (tertiary/aromatic N) is 4. The van der Waals surface area contributed by atoms with Gasteiger partial charge in [0, 0.05) is 50.5 Å². The predicted octanol–water partition coefficient (Wildman–Crippen LogP) is 2.90. The lowest BCUT2D eigenvalue weighted by Crippen LogP contribution is -2.48. The maximum Gasteiger partial charge on any atom is 0.191 e. The predicted molar refractivity (Wildman–Crippen MR) is 115 cm³/mol. The molecule has 3 rings (SSSR count). The Kier molecular flexibility index (Phi) is 7.25. The molecule has 1 aromatic carbocycles. The molecule has 29 heavy (non-hydrogen) atoms. The summed E-state index contributed by atoms with van der Waals surface area (Å²) in [7, 11) is 1.97. The zero-order valence-electron chi connectivity index (χ0n) is 18.0. The Hall–Kier alpha value is -2.41. The first-order valence-corrected chi connectivity index (χ1v) is 10.5. The Morgan fingerprint density at radius 2 is 1.90 bits per heavy atom. The van der Waals surface area contributed by atoms with Crippen molar-refractivity contribution in [3.05, 3.63) is 52.6 Å². The molecule has 2 aromatic rings. The first-order chi connectivity index (χ1) is 14.0. The van der Waals surface area contributed by atoms with Crippen molar-refractivity contribution in [2.45, 2.75) is 52.7 Å². The highest BCUT2D eigenvalue weighted by atomic mass is 19.1. The zero-order chi connectivity index (χ0) is 20.8. The molecule has 7 heteroatoms. The van der Waals surface area contributed by atoms with Gasteiger partial charge < -0.3 is 10.6 Å². The molecule has 1 fully saturated rings. The normalized spacial score (nSPS) is 16.2. The molecule has 2 heterocycles. The summed E-state index contributed by atoms with van der Waals surface area (Å²) in [5.41, 5.74) is 4.56. The van der Waals surface area contributed by atoms with Crippen molar-refractivity contribution in [2.75, 3.05) is 19.6 Å². The standard InChI is InChI=1S/C22H33FN6/c1-5-24-22(25-14-21-16(2)27-28(4)17(21)3)26-20-10-12-29(13-11-20)15-18-6-8-19(23)9-7-18/h6-9,20H,5,10-15H2,1-4H3,(H2,24,25,26). The molecule has 0 spiro atoms. The quantitative estimate of drug-likeness (QED) is 0.578. The van der Waals surface area contributed by atoms with Crippen molar-refractivity contribution in [3.8, 4) is 0 Å². The molecule has 1 aliphatic heterocycles. The number of aliphatic imine (C=N–C) groups is 1. The molecule has 2 N–H and O–H groups in total. The van der Waals surface area contributed by atoms with Gasteiger partial charge in [-0.15, -0.1) is 0 Å². The second kappa shape index (κ2) is 9.87. The van der Waals surface area contributed by atoms with Gasteiger partial charge in [-0.1, -0.05) is 12.1 Å². The number of halogens is 1. The monoisotopic (exact) mass is 400 g/mol. The summed E-state index contributed by atoms with van der Waals surface area (Å²) in [4.78, 5) is 7.23. The minimum absolute atomic E-state index is 0.177. The molecule has 0 radical (unpaired) electrons. The first kappa shape index (κ1) is 21.3. The third-order valence-electron chi connectivity index (χ3n) is 5.65. The Labute approximate surface area is 173 Å². The van der Waals surface area contributed by atoms with E-state index in [9.17, 15) is 4.39 Å². The minimum Gasteiger partial charge on any atom is -0.357 e. The van der Waals surface area contributed by atoms with Crippen molar-refractivity contribution < 1.29 is 4.39 Å². The highest BCUT2D eigenvalue weighted by molar-refractivity contribution is 5.80. The number of rotatable bonds is 6. The summed E-state index contributed by atoms with van der Waals surface area (Å²) < 4.78 is 15.0. The fourth-order valence-electron chi connectivity index (χ4n) is 3.80. The number of nitrogens with one attached hydrogen (secondary N) is 2. The third-order valence-corrected chi connectivity index (χ3v) is 5.65. The van der Waals surface area contributed by atoms with Gasteiger partial charge in [0.1, 0.15) is 5.82 Å². The fourth-order valence-corrected chi connectivity index (χ4v) is 3.80. The summed E-state index contributed by atoms with van der Waals surface area (Å²) in [5.74, 6) is 0.690. The highest BCUT2D eigenvalue weighted by Crippen LogP contribution is 2.15. The molecule has 1 saturated heterocycles. The van der Waals surface area contributed by atoms with E-state index in [1.54, 1.807) is 0 Å². The van der Waals surface area contributed by atoms with Crippen LogP contribution in [0.1, 0.15) is 42.3 Å². The van der Waals surface area contributed by atoms with Crippen molar-refractivity contribution in [1.82, 2.24) is 25.3 Å². The van der Waals surface area contributed by atoms with Crippen LogP contribution in [0.5, 0.6) is 0 Å². The second-order valence-electron chi connectivity index (χ2n) is 7.79. The van der Waals surface area contributed by atoms with Crippen LogP contribution in [0.4, 0.5) is 4.39 Å². The fraction of sp³-hybridized carbons (Fsp3) is 0.545. The number of piperidine rings is 1. The number of guanidine groups is 1. The van der Waals surface area contributed by atoms with Crippen LogP contribution in [0.3, 0.4) is 0 Å². The maximum atomic E-state index is 13.1. The second-order valence-corrected chi connectivity index (χ2v) is 7.79. The van der Waals surface area contributed by atoms with Gasteiger partial charge in [0.2, 0.25) is 0 Å². The van der Waals surface area contributed by atoms with Crippen LogP contribution < -0.4 is 10.6 Å². The molecule has 0 atom stereocenters. The van der Waals surface area contributed by atoms with E-state index in [4.69, 9.17) is 4.99 Å². The van der Waals surface area contributed by atoms with E-state index < -0.39 is 0 Å². The van der Waals surface area contributed by atoms with E-state index in [1.807, 2.05) is 30.8 Å². The zero-order valence-corrected chi connectivity index (χ0v) is 18.0. The Balaban J connectivity index is 1.53. The van der Waals surface area contributed by atoms with Crippen molar-refractivity contribution in [2.24, 2.45) is 12.0 Å². The first-order valence-electron chi connectivity index (χ1n) is 10.5. The molecule has 0 saturated carbocycles. The number of aromatic nitrogens is 2. The summed E-state index contributed by atoms with van der Waals surface area (Å²) in [5, 5.41) is 11.4. The molecular weight excluding hydrogens is 367 g/mol. The summed E-state index contributed by atoms with van der Waals surface area (Å²) in [6.45, 7) is 10.6. The average molecular weight is 401 g/mol. The number of hydrogen-bond donors (Lipinski definition) is 2. The van der Waals surface area contributed by atoms with Gasteiger partial charge in [-0.2, -0.15) is 5.10 Å². The number of likely N-dealkylation sites (tertiary alicyclic amines) is 1. The van der Waals surface area contributed by atoms with Crippen LogP contribution in [-0.2, 0) is 20.1 Å². The van der Waals surface area contributed by atoms with E-state index >= 15 is 0 Å². The van der Waals surface area contributed by atoms with Crippen molar-refractivity contribution >= 4 is 5.96 Å². The van der Waals surface area contributed by atoms with Crippen LogP contribution in [0.15, 0.2) is 29.3 Å². The van der Waals surface area contributed by atoms with Crippen molar-refractivity contribution in [1.29, 1.82) is 0 Å². The Morgan fingerprint density at radius 3 is 2.48 bits per heavy atom. The van der Waals surface area contributed by atoms with Gasteiger partial charge in [0.15, 0.2) is 5.96 Å². The minimum atomic E-state index is -0.177. The molecule has 0 unspecified atom stereocenters. The average Bonchev–Trinajstić information content (AvgIpc) is 2.95. The smallest absolute Gasteiger partial charge is 0.191 e. The Bertz CT molecular complexity index is 819. The summed E-state index contributed by atoms with van der Waals surface area (Å²) in [6, 6.07) is 7.23. The van der Waals surface area contributed by atoms with Crippen LogP contribution in [-0.4, -0.2) is 46.3 Å². The van der Waals surface area contributed by atoms with Gasteiger partial charge >= 0.3 is 0 Å². The van der Waals surface area contributed by atoms with E-state index in [1.165, 1.54) is 17.7 Å². The molecule has 0 aliphatic carbocycles. The topological polar surface area (TPSA) is 57.5 Å². The maximum absolute atomic E-state index is 13.1. The number of benzene rings is 1. The third kappa shape index (κ3) is 5.79. The molecule has 6 nitrogen and oxygen atoms in total. The number of aryl methyl sites for hydroxylation is 2. The summed E-state index contributed by atoms with van der Waals surface area (Å²) >= 11 is 0. The van der Waals surface area contributed by atoms with Crippen LogP contribution in [0.2, 0.25) is 0 Å². The lowest BCUT2D eigenvalue weighted by atomic mass is 10.0. The molecule has 1 aliphatic rings. The molecule has 1 aromatic heterocycles. The molecular formula is C22H33FN6. The van der Waals surface area contributed by atoms with Gasteiger partial charge in [-0.3, -0.25) is 9.58 Å².